The lowest BCUT2D eigenvalue weighted by Gasteiger charge is -2.11. The lowest BCUT2D eigenvalue weighted by molar-refractivity contribution is 0.173. The third-order valence-corrected chi connectivity index (χ3v) is 4.82. The minimum absolute atomic E-state index is 0.152. The molecule has 0 aliphatic heterocycles. The van der Waals surface area contributed by atoms with E-state index in [1.807, 2.05) is 12.1 Å². The van der Waals surface area contributed by atoms with E-state index in [4.69, 9.17) is 0 Å². The predicted molar refractivity (Wildman–Crippen MR) is 95.1 cm³/mol. The second-order valence-corrected chi connectivity index (χ2v) is 6.52. The zero-order valence-electron chi connectivity index (χ0n) is 13.4. The van der Waals surface area contributed by atoms with E-state index < -0.39 is 6.10 Å². The minimum atomic E-state index is -0.759. The number of fused-ring (bicyclic) bond motifs is 1. The maximum absolute atomic E-state index is 11.8. The zero-order chi connectivity index (χ0) is 16.9. The van der Waals surface area contributed by atoms with Crippen LogP contribution in [0.4, 0.5) is 4.79 Å². The van der Waals surface area contributed by atoms with Crippen molar-refractivity contribution in [2.45, 2.75) is 12.5 Å². The maximum atomic E-state index is 11.8. The standard InChI is InChI=1S/C17H20N4O2S/c1-21-10-13(8-20-21)15(22)9-19-17(23)18-7-6-12-11-24-16-5-3-2-4-14(12)16/h2-5,8,10-11,15,22H,6-7,9H2,1H3,(H2,18,19,23)/t15-/m1/s1. The molecular weight excluding hydrogens is 324 g/mol. The number of nitrogens with one attached hydrogen (secondary N) is 2. The van der Waals surface area contributed by atoms with Crippen LogP contribution >= 0.6 is 11.3 Å². The Balaban J connectivity index is 1.42. The van der Waals surface area contributed by atoms with Gasteiger partial charge in [-0.3, -0.25) is 4.68 Å². The quantitative estimate of drug-likeness (QED) is 0.641. The second kappa shape index (κ2) is 7.46. The highest BCUT2D eigenvalue weighted by Crippen LogP contribution is 2.25. The first-order chi connectivity index (χ1) is 11.6. The number of hydrogen-bond acceptors (Lipinski definition) is 4. The normalized spacial score (nSPS) is 12.2. The van der Waals surface area contributed by atoms with Crippen LogP contribution in [0.3, 0.4) is 0 Å². The molecule has 0 aliphatic rings. The predicted octanol–water partition coefficient (Wildman–Crippen LogP) is 2.21. The van der Waals surface area contributed by atoms with Crippen LogP contribution in [0.15, 0.2) is 42.0 Å². The largest absolute Gasteiger partial charge is 0.386 e. The number of aliphatic hydroxyl groups is 1. The van der Waals surface area contributed by atoms with Crippen molar-refractivity contribution in [1.29, 1.82) is 0 Å². The highest BCUT2D eigenvalue weighted by atomic mass is 32.1. The van der Waals surface area contributed by atoms with Crippen molar-refractivity contribution in [3.05, 3.63) is 53.2 Å². The summed E-state index contributed by atoms with van der Waals surface area (Å²) in [5.41, 5.74) is 1.92. The molecule has 126 valence electrons. The number of aryl methyl sites for hydroxylation is 1. The van der Waals surface area contributed by atoms with Crippen molar-refractivity contribution >= 4 is 27.5 Å². The molecule has 1 aromatic carbocycles. The van der Waals surface area contributed by atoms with Crippen molar-refractivity contribution in [3.8, 4) is 0 Å². The van der Waals surface area contributed by atoms with Crippen LogP contribution in [0.1, 0.15) is 17.2 Å². The fourth-order valence-electron chi connectivity index (χ4n) is 2.52. The van der Waals surface area contributed by atoms with E-state index in [1.54, 1.807) is 35.5 Å². The van der Waals surface area contributed by atoms with Gasteiger partial charge in [-0.1, -0.05) is 18.2 Å². The van der Waals surface area contributed by atoms with Gasteiger partial charge in [-0.15, -0.1) is 11.3 Å². The number of nitrogens with zero attached hydrogens (tertiary/aromatic N) is 2. The fraction of sp³-hybridized carbons (Fsp3) is 0.294. The number of carbonyl (C=O) groups is 1. The summed E-state index contributed by atoms with van der Waals surface area (Å²) in [6, 6.07) is 7.98. The molecule has 0 unspecified atom stereocenters. The summed E-state index contributed by atoms with van der Waals surface area (Å²) < 4.78 is 2.88. The van der Waals surface area contributed by atoms with Gasteiger partial charge in [0, 0.05) is 36.6 Å². The lowest BCUT2D eigenvalue weighted by Crippen LogP contribution is -2.38. The molecule has 1 atom stereocenters. The van der Waals surface area contributed by atoms with Crippen LogP contribution in [0.5, 0.6) is 0 Å². The molecule has 2 heterocycles. The Hall–Kier alpha value is -2.38. The van der Waals surface area contributed by atoms with Gasteiger partial charge in [-0.2, -0.15) is 5.10 Å². The van der Waals surface area contributed by atoms with Gasteiger partial charge in [0.15, 0.2) is 0 Å². The fourth-order valence-corrected chi connectivity index (χ4v) is 3.52. The van der Waals surface area contributed by atoms with E-state index in [1.165, 1.54) is 15.6 Å². The maximum Gasteiger partial charge on any atom is 0.314 e. The molecule has 2 aromatic heterocycles. The number of aliphatic hydroxyl groups excluding tert-OH is 1. The first-order valence-corrected chi connectivity index (χ1v) is 8.65. The van der Waals surface area contributed by atoms with Gasteiger partial charge in [0.1, 0.15) is 0 Å². The average molecular weight is 344 g/mol. The number of hydrogen-bond donors (Lipinski definition) is 3. The van der Waals surface area contributed by atoms with E-state index in [2.05, 4.69) is 33.2 Å². The molecule has 0 spiro atoms. The highest BCUT2D eigenvalue weighted by molar-refractivity contribution is 7.17. The summed E-state index contributed by atoms with van der Waals surface area (Å²) in [6.07, 6.45) is 3.34. The molecular formula is C17H20N4O2S. The summed E-state index contributed by atoms with van der Waals surface area (Å²) in [5.74, 6) is 0. The van der Waals surface area contributed by atoms with E-state index in [9.17, 15) is 9.90 Å². The summed E-state index contributed by atoms with van der Waals surface area (Å²) in [6.45, 7) is 0.703. The van der Waals surface area contributed by atoms with Crippen LogP contribution in [-0.2, 0) is 13.5 Å². The summed E-state index contributed by atoms with van der Waals surface area (Å²) >= 11 is 1.72. The van der Waals surface area contributed by atoms with E-state index >= 15 is 0 Å². The number of carbonyl (C=O) groups excluding carboxylic acids is 1. The van der Waals surface area contributed by atoms with Crippen molar-refractivity contribution < 1.29 is 9.90 Å². The van der Waals surface area contributed by atoms with Gasteiger partial charge in [0.05, 0.1) is 12.3 Å². The molecule has 7 heteroatoms. The Bertz CT molecular complexity index is 827. The molecule has 0 fully saturated rings. The molecule has 0 aliphatic carbocycles. The van der Waals surface area contributed by atoms with Gasteiger partial charge in [-0.05, 0) is 28.8 Å². The molecule has 0 bridgehead atoms. The monoisotopic (exact) mass is 344 g/mol. The van der Waals surface area contributed by atoms with Crippen molar-refractivity contribution in [2.75, 3.05) is 13.1 Å². The molecule has 0 saturated heterocycles. The van der Waals surface area contributed by atoms with Crippen LogP contribution in [0.2, 0.25) is 0 Å². The van der Waals surface area contributed by atoms with Crippen molar-refractivity contribution in [1.82, 2.24) is 20.4 Å². The minimum Gasteiger partial charge on any atom is -0.386 e. The number of urea groups is 1. The Labute approximate surface area is 144 Å². The van der Waals surface area contributed by atoms with Gasteiger partial charge < -0.3 is 15.7 Å². The molecule has 0 saturated carbocycles. The topological polar surface area (TPSA) is 79.2 Å². The van der Waals surface area contributed by atoms with Crippen LogP contribution in [0, 0.1) is 0 Å². The van der Waals surface area contributed by atoms with Gasteiger partial charge in [0.2, 0.25) is 0 Å². The smallest absolute Gasteiger partial charge is 0.314 e. The molecule has 3 rings (SSSR count). The van der Waals surface area contributed by atoms with Crippen LogP contribution in [0.25, 0.3) is 10.1 Å². The summed E-state index contributed by atoms with van der Waals surface area (Å²) in [7, 11) is 1.78. The lowest BCUT2D eigenvalue weighted by atomic mass is 10.1. The van der Waals surface area contributed by atoms with E-state index in [0.29, 0.717) is 12.1 Å². The van der Waals surface area contributed by atoms with Gasteiger partial charge >= 0.3 is 6.03 Å². The number of amides is 2. The SMILES string of the molecule is Cn1cc([C@H](O)CNC(=O)NCCc2csc3ccccc23)cn1. The van der Waals surface area contributed by atoms with Crippen LogP contribution in [-0.4, -0.2) is 34.0 Å². The molecule has 3 aromatic rings. The molecule has 0 radical (unpaired) electrons. The van der Waals surface area contributed by atoms with Gasteiger partial charge in [0.25, 0.3) is 0 Å². The third-order valence-electron chi connectivity index (χ3n) is 3.81. The second-order valence-electron chi connectivity index (χ2n) is 5.61. The number of benzene rings is 1. The number of rotatable bonds is 6. The molecule has 6 nitrogen and oxygen atoms in total. The van der Waals surface area contributed by atoms with Crippen molar-refractivity contribution in [2.24, 2.45) is 7.05 Å². The van der Waals surface area contributed by atoms with Gasteiger partial charge in [-0.25, -0.2) is 4.79 Å². The molecule has 3 N–H and O–H groups in total. The number of thiophene rings is 1. The van der Waals surface area contributed by atoms with E-state index in [-0.39, 0.29) is 12.6 Å². The van der Waals surface area contributed by atoms with Crippen molar-refractivity contribution in [3.63, 3.8) is 0 Å². The third kappa shape index (κ3) is 3.93. The Morgan fingerprint density at radius 1 is 1.38 bits per heavy atom. The first-order valence-electron chi connectivity index (χ1n) is 7.77. The average Bonchev–Trinajstić information content (AvgIpc) is 3.19. The highest BCUT2D eigenvalue weighted by Gasteiger charge is 2.11. The Kier molecular flexibility index (Phi) is 5.12. The zero-order valence-corrected chi connectivity index (χ0v) is 14.2. The number of aromatic nitrogens is 2. The van der Waals surface area contributed by atoms with Crippen LogP contribution < -0.4 is 10.6 Å². The molecule has 24 heavy (non-hydrogen) atoms. The van der Waals surface area contributed by atoms with E-state index in [0.717, 1.165) is 6.42 Å². The summed E-state index contributed by atoms with van der Waals surface area (Å²) in [4.78, 5) is 11.8. The summed E-state index contributed by atoms with van der Waals surface area (Å²) in [5, 5.41) is 22.9. The Morgan fingerprint density at radius 2 is 2.21 bits per heavy atom. The Morgan fingerprint density at radius 3 is 3.00 bits per heavy atom. The first kappa shape index (κ1) is 16.5. The molecule has 2 amide bonds.